The first kappa shape index (κ1) is 9.88. The van der Waals surface area contributed by atoms with Gasteiger partial charge in [-0.3, -0.25) is 0 Å². The number of hydrogen-bond acceptors (Lipinski definition) is 1. The molecular formula is C14H18N2. The summed E-state index contributed by atoms with van der Waals surface area (Å²) in [6.45, 7) is 6.80. The van der Waals surface area contributed by atoms with Gasteiger partial charge in [-0.1, -0.05) is 26.8 Å². The molecule has 1 aromatic carbocycles. The van der Waals surface area contributed by atoms with Crippen molar-refractivity contribution in [2.24, 2.45) is 5.41 Å². The fourth-order valence-electron chi connectivity index (χ4n) is 2.40. The van der Waals surface area contributed by atoms with E-state index in [1.165, 1.54) is 23.3 Å². The zero-order valence-electron chi connectivity index (χ0n) is 10.2. The molecule has 1 fully saturated rings. The topological polar surface area (TPSA) is 28.7 Å². The summed E-state index contributed by atoms with van der Waals surface area (Å²) in [6, 6.07) is 6.52. The van der Waals surface area contributed by atoms with Gasteiger partial charge in [0.05, 0.1) is 11.0 Å². The molecule has 1 saturated carbocycles. The Kier molecular flexibility index (Phi) is 1.91. The highest BCUT2D eigenvalue weighted by Gasteiger charge is 2.48. The molecule has 3 rings (SSSR count). The highest BCUT2D eigenvalue weighted by Crippen LogP contribution is 2.57. The number of aromatic amines is 1. The fourth-order valence-corrected chi connectivity index (χ4v) is 2.40. The Balaban J connectivity index is 2.03. The smallest absolute Gasteiger partial charge is 0.110 e. The SMILES string of the molecule is CCc1ccc2nc(C3CC3(C)C)[nH]c2c1. The number of H-pyrrole nitrogens is 1. The zero-order chi connectivity index (χ0) is 11.3. The minimum absolute atomic E-state index is 0.446. The number of aryl methyl sites for hydroxylation is 1. The van der Waals surface area contributed by atoms with Crippen LogP contribution in [0.1, 0.15) is 44.5 Å². The summed E-state index contributed by atoms with van der Waals surface area (Å²) in [7, 11) is 0. The summed E-state index contributed by atoms with van der Waals surface area (Å²) in [5, 5.41) is 0. The highest BCUT2D eigenvalue weighted by molar-refractivity contribution is 5.76. The van der Waals surface area contributed by atoms with Crippen molar-refractivity contribution in [1.82, 2.24) is 9.97 Å². The molecular weight excluding hydrogens is 196 g/mol. The minimum Gasteiger partial charge on any atom is -0.342 e. The maximum absolute atomic E-state index is 4.69. The molecule has 0 amide bonds. The first-order chi connectivity index (χ1) is 7.60. The number of nitrogens with one attached hydrogen (secondary N) is 1. The second-order valence-electron chi connectivity index (χ2n) is 5.57. The van der Waals surface area contributed by atoms with Crippen molar-refractivity contribution in [2.75, 3.05) is 0 Å². The Bertz CT molecular complexity index is 537. The van der Waals surface area contributed by atoms with Crippen molar-refractivity contribution < 1.29 is 0 Å². The highest BCUT2D eigenvalue weighted by atomic mass is 14.9. The number of benzene rings is 1. The number of hydrogen-bond donors (Lipinski definition) is 1. The van der Waals surface area contributed by atoms with E-state index in [0.717, 1.165) is 11.9 Å². The maximum atomic E-state index is 4.69. The lowest BCUT2D eigenvalue weighted by Crippen LogP contribution is -1.91. The predicted octanol–water partition coefficient (Wildman–Crippen LogP) is 3.64. The second kappa shape index (κ2) is 3.09. The van der Waals surface area contributed by atoms with Crippen LogP contribution in [0.5, 0.6) is 0 Å². The summed E-state index contributed by atoms with van der Waals surface area (Å²) >= 11 is 0. The van der Waals surface area contributed by atoms with Crippen molar-refractivity contribution in [3.8, 4) is 0 Å². The molecule has 0 radical (unpaired) electrons. The Hall–Kier alpha value is -1.31. The lowest BCUT2D eigenvalue weighted by atomic mass is 10.1. The molecule has 1 aliphatic carbocycles. The molecule has 1 aliphatic rings. The number of nitrogens with zero attached hydrogens (tertiary/aromatic N) is 1. The lowest BCUT2D eigenvalue weighted by molar-refractivity contribution is 0.612. The van der Waals surface area contributed by atoms with Crippen LogP contribution < -0.4 is 0 Å². The van der Waals surface area contributed by atoms with E-state index in [-0.39, 0.29) is 0 Å². The van der Waals surface area contributed by atoms with Crippen LogP contribution in [0.3, 0.4) is 0 Å². The molecule has 2 nitrogen and oxygen atoms in total. The molecule has 2 heteroatoms. The fraction of sp³-hybridized carbons (Fsp3) is 0.500. The van der Waals surface area contributed by atoms with Crippen molar-refractivity contribution in [2.45, 2.75) is 39.5 Å². The van der Waals surface area contributed by atoms with E-state index in [0.29, 0.717) is 11.3 Å². The number of imidazole rings is 1. The van der Waals surface area contributed by atoms with Gasteiger partial charge in [0.1, 0.15) is 5.82 Å². The van der Waals surface area contributed by atoms with Gasteiger partial charge >= 0.3 is 0 Å². The molecule has 1 aromatic heterocycles. The largest absolute Gasteiger partial charge is 0.342 e. The third kappa shape index (κ3) is 1.44. The van der Waals surface area contributed by atoms with E-state index in [2.05, 4.69) is 44.0 Å². The van der Waals surface area contributed by atoms with Gasteiger partial charge in [0.25, 0.3) is 0 Å². The van der Waals surface area contributed by atoms with Gasteiger partial charge in [0.15, 0.2) is 0 Å². The van der Waals surface area contributed by atoms with Crippen molar-refractivity contribution in [1.29, 1.82) is 0 Å². The van der Waals surface area contributed by atoms with Crippen LogP contribution in [0.4, 0.5) is 0 Å². The van der Waals surface area contributed by atoms with E-state index >= 15 is 0 Å². The number of aromatic nitrogens is 2. The van der Waals surface area contributed by atoms with Gasteiger partial charge < -0.3 is 4.98 Å². The molecule has 1 heterocycles. The first-order valence-corrected chi connectivity index (χ1v) is 6.09. The Morgan fingerprint density at radius 1 is 1.44 bits per heavy atom. The molecule has 1 atom stereocenters. The van der Waals surface area contributed by atoms with E-state index in [9.17, 15) is 0 Å². The molecule has 2 aromatic rings. The van der Waals surface area contributed by atoms with Crippen molar-refractivity contribution in [3.05, 3.63) is 29.6 Å². The van der Waals surface area contributed by atoms with Crippen LogP contribution in [0, 0.1) is 5.41 Å². The molecule has 16 heavy (non-hydrogen) atoms. The monoisotopic (exact) mass is 214 g/mol. The molecule has 0 aliphatic heterocycles. The van der Waals surface area contributed by atoms with Crippen LogP contribution in [-0.2, 0) is 6.42 Å². The van der Waals surface area contributed by atoms with Gasteiger partial charge in [0, 0.05) is 5.92 Å². The Morgan fingerprint density at radius 2 is 2.19 bits per heavy atom. The molecule has 1 N–H and O–H groups in total. The third-order valence-corrected chi connectivity index (χ3v) is 3.82. The molecule has 0 bridgehead atoms. The molecule has 0 spiro atoms. The van der Waals surface area contributed by atoms with E-state index in [1.807, 2.05) is 0 Å². The zero-order valence-corrected chi connectivity index (χ0v) is 10.2. The van der Waals surface area contributed by atoms with Gasteiger partial charge in [0.2, 0.25) is 0 Å². The van der Waals surface area contributed by atoms with Crippen LogP contribution in [0.15, 0.2) is 18.2 Å². The molecule has 0 saturated heterocycles. The van der Waals surface area contributed by atoms with E-state index in [4.69, 9.17) is 4.98 Å². The van der Waals surface area contributed by atoms with Gasteiger partial charge in [-0.2, -0.15) is 0 Å². The number of fused-ring (bicyclic) bond motifs is 1. The molecule has 84 valence electrons. The minimum atomic E-state index is 0.446. The maximum Gasteiger partial charge on any atom is 0.110 e. The van der Waals surface area contributed by atoms with Crippen LogP contribution >= 0.6 is 0 Å². The quantitative estimate of drug-likeness (QED) is 0.812. The average molecular weight is 214 g/mol. The van der Waals surface area contributed by atoms with E-state index in [1.54, 1.807) is 0 Å². The van der Waals surface area contributed by atoms with E-state index < -0.39 is 0 Å². The Labute approximate surface area is 96.1 Å². The van der Waals surface area contributed by atoms with Crippen LogP contribution in [0.25, 0.3) is 11.0 Å². The predicted molar refractivity (Wildman–Crippen MR) is 66.6 cm³/mol. The van der Waals surface area contributed by atoms with Crippen LogP contribution in [0.2, 0.25) is 0 Å². The van der Waals surface area contributed by atoms with Crippen LogP contribution in [-0.4, -0.2) is 9.97 Å². The Morgan fingerprint density at radius 3 is 2.81 bits per heavy atom. The summed E-state index contributed by atoms with van der Waals surface area (Å²) in [5.74, 6) is 1.80. The van der Waals surface area contributed by atoms with Crippen molar-refractivity contribution in [3.63, 3.8) is 0 Å². The standard InChI is InChI=1S/C14H18N2/c1-4-9-5-6-11-12(7-9)16-13(15-11)10-8-14(10,2)3/h5-7,10H,4,8H2,1-3H3,(H,15,16). The summed E-state index contributed by atoms with van der Waals surface area (Å²) in [5.41, 5.74) is 4.12. The summed E-state index contributed by atoms with van der Waals surface area (Å²) < 4.78 is 0. The summed E-state index contributed by atoms with van der Waals surface area (Å²) in [4.78, 5) is 8.17. The van der Waals surface area contributed by atoms with Gasteiger partial charge in [-0.05, 0) is 36.0 Å². The normalized spacial score (nSPS) is 22.6. The third-order valence-electron chi connectivity index (χ3n) is 3.82. The molecule has 1 unspecified atom stereocenters. The summed E-state index contributed by atoms with van der Waals surface area (Å²) in [6.07, 6.45) is 2.34. The van der Waals surface area contributed by atoms with Gasteiger partial charge in [-0.15, -0.1) is 0 Å². The number of rotatable bonds is 2. The van der Waals surface area contributed by atoms with Gasteiger partial charge in [-0.25, -0.2) is 4.98 Å². The first-order valence-electron chi connectivity index (χ1n) is 6.09. The second-order valence-corrected chi connectivity index (χ2v) is 5.57. The average Bonchev–Trinajstić information content (AvgIpc) is 2.74. The lowest BCUT2D eigenvalue weighted by Gasteiger charge is -1.97. The van der Waals surface area contributed by atoms with Crippen molar-refractivity contribution >= 4 is 11.0 Å².